The molecule has 1 heterocycles. The highest BCUT2D eigenvalue weighted by Crippen LogP contribution is 2.33. The van der Waals surface area contributed by atoms with E-state index < -0.39 is 11.7 Å². The molecule has 0 radical (unpaired) electrons. The molecule has 0 spiro atoms. The first-order valence-corrected chi connectivity index (χ1v) is 11.1. The van der Waals surface area contributed by atoms with Crippen LogP contribution in [0.1, 0.15) is 61.9 Å². The van der Waals surface area contributed by atoms with Crippen LogP contribution in [0.4, 0.5) is 13.2 Å². The predicted octanol–water partition coefficient (Wildman–Crippen LogP) is 7.83. The van der Waals surface area contributed by atoms with E-state index in [1.807, 2.05) is 44.2 Å². The average Bonchev–Trinajstić information content (AvgIpc) is 2.72. The Kier molecular flexibility index (Phi) is 7.26. The molecule has 1 aromatic heterocycles. The molecule has 0 unspecified atom stereocenters. The first-order valence-electron chi connectivity index (χ1n) is 10.1. The summed E-state index contributed by atoms with van der Waals surface area (Å²) in [5.41, 5.74) is 1.80. The second-order valence-electron chi connectivity index (χ2n) is 7.85. The molecule has 0 bridgehead atoms. The number of alkyl halides is 3. The van der Waals surface area contributed by atoms with Gasteiger partial charge < -0.3 is 4.74 Å². The summed E-state index contributed by atoms with van der Waals surface area (Å²) >= 11 is 1.29. The highest BCUT2D eigenvalue weighted by Gasteiger charge is 2.30. The zero-order valence-corrected chi connectivity index (χ0v) is 18.7. The van der Waals surface area contributed by atoms with Gasteiger partial charge in [0.2, 0.25) is 5.88 Å². The van der Waals surface area contributed by atoms with Crippen molar-refractivity contribution in [2.45, 2.75) is 56.6 Å². The summed E-state index contributed by atoms with van der Waals surface area (Å²) < 4.78 is 45.0. The lowest BCUT2D eigenvalue weighted by atomic mass is 10.0. The van der Waals surface area contributed by atoms with E-state index in [0.29, 0.717) is 22.4 Å². The van der Waals surface area contributed by atoms with Crippen LogP contribution in [-0.2, 0) is 11.9 Å². The molecule has 2 aromatic carbocycles. The Morgan fingerprint density at radius 2 is 1.65 bits per heavy atom. The summed E-state index contributed by atoms with van der Waals surface area (Å²) in [4.78, 5) is 9.07. The number of hydrogen-bond donors (Lipinski definition) is 0. The number of hydrogen-bond acceptors (Lipinski definition) is 4. The zero-order chi connectivity index (χ0) is 22.6. The SMILES string of the molecule is CC(C)c1cc(Oc2ccccc2C(C)C)nc(SCc2cccc(C(F)(F)F)c2)n1. The number of aromatic nitrogens is 2. The Labute approximate surface area is 185 Å². The first-order chi connectivity index (χ1) is 14.6. The molecule has 3 aromatic rings. The smallest absolute Gasteiger partial charge is 0.416 e. The Morgan fingerprint density at radius 1 is 0.903 bits per heavy atom. The van der Waals surface area contributed by atoms with Crippen molar-refractivity contribution in [3.05, 3.63) is 77.0 Å². The minimum Gasteiger partial charge on any atom is -0.439 e. The van der Waals surface area contributed by atoms with Crippen LogP contribution in [0, 0.1) is 0 Å². The molecule has 3 nitrogen and oxygen atoms in total. The van der Waals surface area contributed by atoms with E-state index in [-0.39, 0.29) is 11.8 Å². The van der Waals surface area contributed by atoms with Gasteiger partial charge in [-0.25, -0.2) is 4.98 Å². The highest BCUT2D eigenvalue weighted by atomic mass is 32.2. The molecule has 164 valence electrons. The van der Waals surface area contributed by atoms with Gasteiger partial charge in [0.1, 0.15) is 5.75 Å². The molecule has 0 atom stereocenters. The van der Waals surface area contributed by atoms with Gasteiger partial charge in [-0.2, -0.15) is 18.2 Å². The maximum absolute atomic E-state index is 13.0. The number of thioether (sulfide) groups is 1. The zero-order valence-electron chi connectivity index (χ0n) is 17.9. The van der Waals surface area contributed by atoms with E-state index in [1.54, 1.807) is 6.07 Å². The maximum atomic E-state index is 13.0. The van der Waals surface area contributed by atoms with Gasteiger partial charge in [-0.15, -0.1) is 0 Å². The van der Waals surface area contributed by atoms with E-state index in [2.05, 4.69) is 23.8 Å². The molecule has 0 fully saturated rings. The molecule has 0 saturated heterocycles. The normalized spacial score (nSPS) is 11.9. The van der Waals surface area contributed by atoms with Crippen molar-refractivity contribution < 1.29 is 17.9 Å². The molecule has 0 aliphatic carbocycles. The van der Waals surface area contributed by atoms with Gasteiger partial charge in [-0.05, 0) is 35.1 Å². The van der Waals surface area contributed by atoms with Crippen molar-refractivity contribution in [1.29, 1.82) is 0 Å². The fourth-order valence-corrected chi connectivity index (χ4v) is 3.78. The maximum Gasteiger partial charge on any atom is 0.416 e. The molecular formula is C24H25F3N2OS. The molecule has 0 aliphatic rings. The topological polar surface area (TPSA) is 35.0 Å². The molecular weight excluding hydrogens is 421 g/mol. The van der Waals surface area contributed by atoms with Crippen LogP contribution in [0.15, 0.2) is 59.8 Å². The van der Waals surface area contributed by atoms with Crippen LogP contribution in [0.3, 0.4) is 0 Å². The van der Waals surface area contributed by atoms with Gasteiger partial charge in [0.25, 0.3) is 0 Å². The Hall–Kier alpha value is -2.54. The number of ether oxygens (including phenoxy) is 1. The summed E-state index contributed by atoms with van der Waals surface area (Å²) in [7, 11) is 0. The van der Waals surface area contributed by atoms with Gasteiger partial charge in [-0.3, -0.25) is 0 Å². The van der Waals surface area contributed by atoms with Gasteiger partial charge in [0.05, 0.1) is 11.3 Å². The van der Waals surface area contributed by atoms with Crippen molar-refractivity contribution in [3.63, 3.8) is 0 Å². The molecule has 7 heteroatoms. The fraction of sp³-hybridized carbons (Fsp3) is 0.333. The van der Waals surface area contributed by atoms with Crippen molar-refractivity contribution >= 4 is 11.8 Å². The second-order valence-corrected chi connectivity index (χ2v) is 8.79. The Balaban J connectivity index is 1.84. The molecule has 0 saturated carbocycles. The van der Waals surface area contributed by atoms with Crippen LogP contribution in [0.2, 0.25) is 0 Å². The minimum atomic E-state index is -4.36. The number of halogens is 3. The van der Waals surface area contributed by atoms with E-state index in [9.17, 15) is 13.2 Å². The summed E-state index contributed by atoms with van der Waals surface area (Å²) in [6, 6.07) is 14.9. The number of para-hydroxylation sites is 1. The largest absolute Gasteiger partial charge is 0.439 e. The fourth-order valence-electron chi connectivity index (χ4n) is 2.98. The third-order valence-corrected chi connectivity index (χ3v) is 5.59. The van der Waals surface area contributed by atoms with Crippen molar-refractivity contribution in [2.75, 3.05) is 0 Å². The summed E-state index contributed by atoms with van der Waals surface area (Å²) in [6.45, 7) is 8.24. The Bertz CT molecular complexity index is 1040. The molecule has 0 amide bonds. The second kappa shape index (κ2) is 9.73. The van der Waals surface area contributed by atoms with Crippen molar-refractivity contribution in [1.82, 2.24) is 9.97 Å². The first kappa shape index (κ1) is 23.1. The van der Waals surface area contributed by atoms with Gasteiger partial charge in [0.15, 0.2) is 5.16 Å². The van der Waals surface area contributed by atoms with Gasteiger partial charge in [-0.1, -0.05) is 75.9 Å². The van der Waals surface area contributed by atoms with E-state index in [1.165, 1.54) is 17.8 Å². The van der Waals surface area contributed by atoms with Crippen LogP contribution in [-0.4, -0.2) is 9.97 Å². The predicted molar refractivity (Wildman–Crippen MR) is 118 cm³/mol. The molecule has 0 aliphatic heterocycles. The van der Waals surface area contributed by atoms with Crippen LogP contribution < -0.4 is 4.74 Å². The molecule has 0 N–H and O–H groups in total. The van der Waals surface area contributed by atoms with Gasteiger partial charge in [0, 0.05) is 11.8 Å². The average molecular weight is 447 g/mol. The van der Waals surface area contributed by atoms with Crippen LogP contribution in [0.5, 0.6) is 11.6 Å². The monoisotopic (exact) mass is 446 g/mol. The molecule has 3 rings (SSSR count). The van der Waals surface area contributed by atoms with E-state index in [4.69, 9.17) is 4.74 Å². The van der Waals surface area contributed by atoms with E-state index in [0.717, 1.165) is 29.1 Å². The summed E-state index contributed by atoms with van der Waals surface area (Å²) in [5, 5.41) is 0.473. The van der Waals surface area contributed by atoms with Crippen LogP contribution >= 0.6 is 11.8 Å². The lowest BCUT2D eigenvalue weighted by Crippen LogP contribution is -2.05. The lowest BCUT2D eigenvalue weighted by molar-refractivity contribution is -0.137. The highest BCUT2D eigenvalue weighted by molar-refractivity contribution is 7.98. The minimum absolute atomic E-state index is 0.151. The number of rotatable bonds is 7. The molecule has 31 heavy (non-hydrogen) atoms. The third-order valence-electron chi connectivity index (χ3n) is 4.67. The Morgan fingerprint density at radius 3 is 2.32 bits per heavy atom. The standard InChI is InChI=1S/C24H25F3N2OS/c1-15(2)19-10-5-6-11-21(19)30-22-13-20(16(3)4)28-23(29-22)31-14-17-8-7-9-18(12-17)24(25,26)27/h5-13,15-16H,14H2,1-4H3. The van der Waals surface area contributed by atoms with Crippen LogP contribution in [0.25, 0.3) is 0 Å². The summed E-state index contributed by atoms with van der Waals surface area (Å²) in [6.07, 6.45) is -4.36. The van der Waals surface area contributed by atoms with Crippen molar-refractivity contribution in [3.8, 4) is 11.6 Å². The van der Waals surface area contributed by atoms with Gasteiger partial charge >= 0.3 is 6.18 Å². The number of benzene rings is 2. The number of nitrogens with zero attached hydrogens (tertiary/aromatic N) is 2. The third kappa shape index (κ3) is 6.23. The van der Waals surface area contributed by atoms with Crippen molar-refractivity contribution in [2.24, 2.45) is 0 Å². The van der Waals surface area contributed by atoms with E-state index >= 15 is 0 Å². The quantitative estimate of drug-likeness (QED) is 0.274. The lowest BCUT2D eigenvalue weighted by Gasteiger charge is -2.15. The summed E-state index contributed by atoms with van der Waals surface area (Å²) in [5.74, 6) is 1.93.